The highest BCUT2D eigenvalue weighted by molar-refractivity contribution is 6.06. The maximum absolute atomic E-state index is 12.1. The van der Waals surface area contributed by atoms with Gasteiger partial charge in [0.15, 0.2) is 0 Å². The largest absolute Gasteiger partial charge is 0.304 e. The molecule has 18 heavy (non-hydrogen) atoms. The summed E-state index contributed by atoms with van der Waals surface area (Å²) in [5, 5.41) is 3.25. The Kier molecular flexibility index (Phi) is 3.35. The second-order valence-corrected chi connectivity index (χ2v) is 5.59. The van der Waals surface area contributed by atoms with Crippen LogP contribution in [0.5, 0.6) is 0 Å². The van der Waals surface area contributed by atoms with E-state index in [-0.39, 0.29) is 23.9 Å². The third-order valence-electron chi connectivity index (χ3n) is 4.11. The Labute approximate surface area is 107 Å². The molecular weight excluding hydrogens is 230 g/mol. The molecule has 3 fully saturated rings. The summed E-state index contributed by atoms with van der Waals surface area (Å²) in [4.78, 5) is 27.7. The number of nitrogens with one attached hydrogen (secondary N) is 1. The zero-order valence-corrected chi connectivity index (χ0v) is 10.7. The molecule has 0 aromatic carbocycles. The summed E-state index contributed by atoms with van der Waals surface area (Å²) in [6, 6.07) is -0.0453. The van der Waals surface area contributed by atoms with Crippen molar-refractivity contribution in [1.82, 2.24) is 15.1 Å². The van der Waals surface area contributed by atoms with Crippen LogP contribution in [0.3, 0.4) is 0 Å². The van der Waals surface area contributed by atoms with Gasteiger partial charge in [0.1, 0.15) is 0 Å². The summed E-state index contributed by atoms with van der Waals surface area (Å²) in [5.41, 5.74) is 0. The number of imide groups is 1. The van der Waals surface area contributed by atoms with Gasteiger partial charge in [0.25, 0.3) is 0 Å². The van der Waals surface area contributed by atoms with E-state index in [9.17, 15) is 9.59 Å². The van der Waals surface area contributed by atoms with E-state index in [0.29, 0.717) is 6.42 Å². The van der Waals surface area contributed by atoms with Crippen molar-refractivity contribution in [1.29, 1.82) is 0 Å². The molecule has 0 spiro atoms. The van der Waals surface area contributed by atoms with E-state index in [1.807, 2.05) is 0 Å². The number of hydrogen-bond acceptors (Lipinski definition) is 4. The van der Waals surface area contributed by atoms with Crippen LogP contribution in [0.25, 0.3) is 0 Å². The second kappa shape index (κ2) is 4.97. The lowest BCUT2D eigenvalue weighted by Crippen LogP contribution is -2.42. The van der Waals surface area contributed by atoms with Crippen molar-refractivity contribution in [2.24, 2.45) is 0 Å². The Morgan fingerprint density at radius 1 is 1.17 bits per heavy atom. The molecule has 1 saturated carbocycles. The van der Waals surface area contributed by atoms with Crippen molar-refractivity contribution in [2.45, 2.75) is 44.2 Å². The first-order chi connectivity index (χ1) is 8.75. The van der Waals surface area contributed by atoms with Crippen LogP contribution in [-0.4, -0.2) is 59.9 Å². The highest BCUT2D eigenvalue weighted by Gasteiger charge is 2.45. The molecule has 5 nitrogen and oxygen atoms in total. The van der Waals surface area contributed by atoms with Gasteiger partial charge in [0.2, 0.25) is 11.8 Å². The third-order valence-corrected chi connectivity index (χ3v) is 4.11. The van der Waals surface area contributed by atoms with Crippen LogP contribution in [0.4, 0.5) is 0 Å². The number of hydrogen-bond donors (Lipinski definition) is 1. The molecular formula is C13H21N3O2. The molecule has 1 N–H and O–H groups in total. The van der Waals surface area contributed by atoms with E-state index in [4.69, 9.17) is 0 Å². The Hall–Kier alpha value is -0.940. The maximum Gasteiger partial charge on any atom is 0.247 e. The number of rotatable bonds is 5. The van der Waals surface area contributed by atoms with Gasteiger partial charge in [-0.05, 0) is 38.8 Å². The van der Waals surface area contributed by atoms with Crippen LogP contribution in [0.15, 0.2) is 0 Å². The molecule has 0 aromatic rings. The fraction of sp³-hybridized carbons (Fsp3) is 0.846. The molecule has 2 amide bonds. The summed E-state index contributed by atoms with van der Waals surface area (Å²) in [6.45, 7) is 4.14. The molecule has 1 atom stereocenters. The molecule has 2 saturated heterocycles. The lowest BCUT2D eigenvalue weighted by Gasteiger charge is -2.17. The highest BCUT2D eigenvalue weighted by atomic mass is 16.2. The van der Waals surface area contributed by atoms with Crippen LogP contribution in [0.1, 0.15) is 32.1 Å². The molecule has 100 valence electrons. The van der Waals surface area contributed by atoms with E-state index in [1.165, 1.54) is 30.8 Å². The van der Waals surface area contributed by atoms with Gasteiger partial charge in [-0.3, -0.25) is 14.5 Å². The van der Waals surface area contributed by atoms with Crippen LogP contribution in [0, 0.1) is 0 Å². The summed E-state index contributed by atoms with van der Waals surface area (Å²) < 4.78 is 0. The van der Waals surface area contributed by atoms with E-state index < -0.39 is 0 Å². The first-order valence-corrected chi connectivity index (χ1v) is 7.07. The normalized spacial score (nSPS) is 29.6. The summed E-state index contributed by atoms with van der Waals surface area (Å²) in [6.07, 6.45) is 4.93. The minimum atomic E-state index is -0.263. The van der Waals surface area contributed by atoms with Crippen molar-refractivity contribution >= 4 is 11.8 Å². The number of carbonyl (C=O) groups is 2. The summed E-state index contributed by atoms with van der Waals surface area (Å²) >= 11 is 0. The Morgan fingerprint density at radius 2 is 1.89 bits per heavy atom. The SMILES string of the molecule is O=C1CC(NCCN2CCCC2)C(=O)N1C1CC1. The zero-order valence-electron chi connectivity index (χ0n) is 10.7. The molecule has 0 radical (unpaired) electrons. The van der Waals surface area contributed by atoms with E-state index >= 15 is 0 Å². The Morgan fingerprint density at radius 3 is 2.56 bits per heavy atom. The molecule has 5 heteroatoms. The monoisotopic (exact) mass is 251 g/mol. The fourth-order valence-electron chi connectivity index (χ4n) is 2.93. The van der Waals surface area contributed by atoms with Crippen molar-refractivity contribution < 1.29 is 9.59 Å². The number of carbonyl (C=O) groups excluding carboxylic acids is 2. The quantitative estimate of drug-likeness (QED) is 0.697. The topological polar surface area (TPSA) is 52.7 Å². The van der Waals surface area contributed by atoms with Gasteiger partial charge in [-0.25, -0.2) is 0 Å². The van der Waals surface area contributed by atoms with E-state index in [2.05, 4.69) is 10.2 Å². The van der Waals surface area contributed by atoms with E-state index in [1.54, 1.807) is 0 Å². The first-order valence-electron chi connectivity index (χ1n) is 7.07. The maximum atomic E-state index is 12.1. The Bertz CT molecular complexity index is 348. The van der Waals surface area contributed by atoms with Crippen molar-refractivity contribution in [2.75, 3.05) is 26.2 Å². The molecule has 0 bridgehead atoms. The van der Waals surface area contributed by atoms with Crippen molar-refractivity contribution in [3.8, 4) is 0 Å². The minimum Gasteiger partial charge on any atom is -0.304 e. The Balaban J connectivity index is 1.45. The zero-order chi connectivity index (χ0) is 12.5. The smallest absolute Gasteiger partial charge is 0.247 e. The lowest BCUT2D eigenvalue weighted by molar-refractivity contribution is -0.139. The van der Waals surface area contributed by atoms with Gasteiger partial charge in [-0.2, -0.15) is 0 Å². The molecule has 1 aliphatic carbocycles. The van der Waals surface area contributed by atoms with Crippen LogP contribution in [0.2, 0.25) is 0 Å². The predicted molar refractivity (Wildman–Crippen MR) is 67.0 cm³/mol. The average Bonchev–Trinajstić information content (AvgIpc) is 2.95. The molecule has 3 aliphatic rings. The van der Waals surface area contributed by atoms with E-state index in [0.717, 1.165) is 25.9 Å². The first kappa shape index (κ1) is 12.1. The van der Waals surface area contributed by atoms with Crippen LogP contribution >= 0.6 is 0 Å². The number of likely N-dealkylation sites (tertiary alicyclic amines) is 2. The predicted octanol–water partition coefficient (Wildman–Crippen LogP) is -0.0383. The van der Waals surface area contributed by atoms with Gasteiger partial charge >= 0.3 is 0 Å². The molecule has 3 rings (SSSR count). The van der Waals surface area contributed by atoms with Crippen molar-refractivity contribution in [3.05, 3.63) is 0 Å². The van der Waals surface area contributed by atoms with Gasteiger partial charge in [0, 0.05) is 19.1 Å². The standard InChI is InChI=1S/C13H21N3O2/c17-12-9-11(13(18)16(12)10-3-4-10)14-5-8-15-6-1-2-7-15/h10-11,14H,1-9H2. The van der Waals surface area contributed by atoms with Crippen LogP contribution < -0.4 is 5.32 Å². The second-order valence-electron chi connectivity index (χ2n) is 5.59. The van der Waals surface area contributed by atoms with Gasteiger partial charge in [-0.15, -0.1) is 0 Å². The van der Waals surface area contributed by atoms with Gasteiger partial charge < -0.3 is 10.2 Å². The van der Waals surface area contributed by atoms with Crippen molar-refractivity contribution in [3.63, 3.8) is 0 Å². The van der Waals surface area contributed by atoms with Gasteiger partial charge in [0.05, 0.1) is 12.5 Å². The molecule has 2 aliphatic heterocycles. The minimum absolute atomic E-state index is 0.00363. The average molecular weight is 251 g/mol. The molecule has 0 aromatic heterocycles. The van der Waals surface area contributed by atoms with Gasteiger partial charge in [-0.1, -0.05) is 0 Å². The number of nitrogens with zero attached hydrogens (tertiary/aromatic N) is 2. The third kappa shape index (κ3) is 2.42. The summed E-state index contributed by atoms with van der Waals surface area (Å²) in [5.74, 6) is 0.0186. The fourth-order valence-corrected chi connectivity index (χ4v) is 2.93. The summed E-state index contributed by atoms with van der Waals surface area (Å²) in [7, 11) is 0. The van der Waals surface area contributed by atoms with Crippen LogP contribution in [-0.2, 0) is 9.59 Å². The lowest BCUT2D eigenvalue weighted by atomic mass is 10.2. The molecule has 2 heterocycles. The number of amides is 2. The molecule has 1 unspecified atom stereocenters. The highest BCUT2D eigenvalue weighted by Crippen LogP contribution is 2.31.